The van der Waals surface area contributed by atoms with Gasteiger partial charge < -0.3 is 4.74 Å². The standard InChI is InChI=1S/C23H20ClFN2O/c1-2-28-19-12-10-16(11-13-19)22-15-23(20-8-3-4-9-21(20)25)27(26-22)18-7-5-6-17(24)14-18/h3-14,23H,2,15H2,1H3/t23-/m1/s1. The maximum absolute atomic E-state index is 14.6. The molecule has 142 valence electrons. The third kappa shape index (κ3) is 3.73. The van der Waals surface area contributed by atoms with Crippen LogP contribution in [0.4, 0.5) is 10.1 Å². The Morgan fingerprint density at radius 2 is 1.86 bits per heavy atom. The highest BCUT2D eigenvalue weighted by molar-refractivity contribution is 6.30. The molecule has 1 heterocycles. The molecule has 1 aliphatic rings. The lowest BCUT2D eigenvalue weighted by Crippen LogP contribution is -2.19. The maximum atomic E-state index is 14.6. The van der Waals surface area contributed by atoms with Gasteiger partial charge in [0.15, 0.2) is 0 Å². The number of halogens is 2. The molecule has 28 heavy (non-hydrogen) atoms. The lowest BCUT2D eigenvalue weighted by atomic mass is 9.97. The van der Waals surface area contributed by atoms with Crippen molar-refractivity contribution in [3.8, 4) is 5.75 Å². The molecular formula is C23H20ClFN2O. The van der Waals surface area contributed by atoms with Crippen LogP contribution in [0.15, 0.2) is 77.9 Å². The summed E-state index contributed by atoms with van der Waals surface area (Å²) in [6.45, 7) is 2.58. The molecular weight excluding hydrogens is 375 g/mol. The molecule has 3 aromatic carbocycles. The molecule has 4 rings (SSSR count). The summed E-state index contributed by atoms with van der Waals surface area (Å²) in [6.07, 6.45) is 0.599. The smallest absolute Gasteiger partial charge is 0.128 e. The molecule has 0 radical (unpaired) electrons. The van der Waals surface area contributed by atoms with Crippen LogP contribution in [0.25, 0.3) is 0 Å². The van der Waals surface area contributed by atoms with E-state index in [1.54, 1.807) is 6.07 Å². The average molecular weight is 395 g/mol. The Labute approximate surface area is 169 Å². The zero-order valence-corrected chi connectivity index (χ0v) is 16.2. The summed E-state index contributed by atoms with van der Waals surface area (Å²) in [5.41, 5.74) is 3.35. The van der Waals surface area contributed by atoms with E-state index in [0.717, 1.165) is 22.7 Å². The maximum Gasteiger partial charge on any atom is 0.128 e. The van der Waals surface area contributed by atoms with Gasteiger partial charge in [0.1, 0.15) is 11.6 Å². The molecule has 0 fully saturated rings. The van der Waals surface area contributed by atoms with Crippen LogP contribution in [0.1, 0.15) is 30.5 Å². The van der Waals surface area contributed by atoms with E-state index in [0.29, 0.717) is 23.6 Å². The second kappa shape index (κ2) is 8.03. The Balaban J connectivity index is 1.72. The minimum absolute atomic E-state index is 0.234. The van der Waals surface area contributed by atoms with Crippen molar-refractivity contribution in [3.05, 3.63) is 94.8 Å². The molecule has 0 unspecified atom stereocenters. The van der Waals surface area contributed by atoms with E-state index in [-0.39, 0.29) is 11.9 Å². The van der Waals surface area contributed by atoms with Crippen LogP contribution in [0.3, 0.4) is 0 Å². The molecule has 0 spiro atoms. The van der Waals surface area contributed by atoms with Crippen molar-refractivity contribution in [2.75, 3.05) is 11.6 Å². The molecule has 0 saturated carbocycles. The van der Waals surface area contributed by atoms with E-state index in [1.165, 1.54) is 6.07 Å². The number of anilines is 1. The number of hydrogen-bond donors (Lipinski definition) is 0. The molecule has 0 N–H and O–H groups in total. The second-order valence-corrected chi connectivity index (χ2v) is 7.01. The van der Waals surface area contributed by atoms with Crippen LogP contribution in [0.2, 0.25) is 5.02 Å². The van der Waals surface area contributed by atoms with E-state index >= 15 is 0 Å². The third-order valence-electron chi connectivity index (χ3n) is 4.75. The van der Waals surface area contributed by atoms with Gasteiger partial charge in [0.05, 0.1) is 24.0 Å². The van der Waals surface area contributed by atoms with Crippen LogP contribution in [0.5, 0.6) is 5.75 Å². The van der Waals surface area contributed by atoms with Crippen LogP contribution >= 0.6 is 11.6 Å². The number of nitrogens with zero attached hydrogens (tertiary/aromatic N) is 2. The highest BCUT2D eigenvalue weighted by Gasteiger charge is 2.31. The zero-order chi connectivity index (χ0) is 19.5. The number of benzene rings is 3. The van der Waals surface area contributed by atoms with Gasteiger partial charge in [-0.05, 0) is 61.0 Å². The Hall–Kier alpha value is -2.85. The fourth-order valence-electron chi connectivity index (χ4n) is 3.44. The van der Waals surface area contributed by atoms with Gasteiger partial charge in [0, 0.05) is 17.0 Å². The van der Waals surface area contributed by atoms with Crippen LogP contribution in [0, 0.1) is 5.82 Å². The molecule has 0 aromatic heterocycles. The highest BCUT2D eigenvalue weighted by atomic mass is 35.5. The van der Waals surface area contributed by atoms with Crippen molar-refractivity contribution in [1.29, 1.82) is 0 Å². The van der Waals surface area contributed by atoms with Crippen LogP contribution in [-0.2, 0) is 0 Å². The normalized spacial score (nSPS) is 16.2. The summed E-state index contributed by atoms with van der Waals surface area (Å²) < 4.78 is 20.1. The van der Waals surface area contributed by atoms with E-state index in [9.17, 15) is 4.39 Å². The Bertz CT molecular complexity index is 1000. The van der Waals surface area contributed by atoms with E-state index < -0.39 is 0 Å². The van der Waals surface area contributed by atoms with Gasteiger partial charge in [-0.15, -0.1) is 0 Å². The number of hydrogen-bond acceptors (Lipinski definition) is 3. The van der Waals surface area contributed by atoms with Crippen molar-refractivity contribution in [3.63, 3.8) is 0 Å². The first-order valence-electron chi connectivity index (χ1n) is 9.25. The fraction of sp³-hybridized carbons (Fsp3) is 0.174. The largest absolute Gasteiger partial charge is 0.494 e. The Morgan fingerprint density at radius 1 is 1.07 bits per heavy atom. The molecule has 3 nitrogen and oxygen atoms in total. The van der Waals surface area contributed by atoms with Gasteiger partial charge in [-0.1, -0.05) is 35.9 Å². The summed E-state index contributed by atoms with van der Waals surface area (Å²) in [5, 5.41) is 7.31. The first-order chi connectivity index (χ1) is 13.7. The quantitative estimate of drug-likeness (QED) is 0.512. The van der Waals surface area contributed by atoms with Gasteiger partial charge in [-0.3, -0.25) is 5.01 Å². The van der Waals surface area contributed by atoms with Crippen molar-refractivity contribution < 1.29 is 9.13 Å². The second-order valence-electron chi connectivity index (χ2n) is 6.57. The predicted molar refractivity (Wildman–Crippen MR) is 112 cm³/mol. The average Bonchev–Trinajstić information content (AvgIpc) is 3.14. The van der Waals surface area contributed by atoms with Gasteiger partial charge in [0.2, 0.25) is 0 Å². The number of rotatable bonds is 5. The van der Waals surface area contributed by atoms with E-state index in [1.807, 2.05) is 72.6 Å². The first-order valence-corrected chi connectivity index (χ1v) is 9.63. The van der Waals surface area contributed by atoms with Crippen molar-refractivity contribution >= 4 is 23.0 Å². The molecule has 0 bridgehead atoms. The minimum Gasteiger partial charge on any atom is -0.494 e. The van der Waals surface area contributed by atoms with Gasteiger partial charge in [-0.25, -0.2) is 4.39 Å². The molecule has 0 aliphatic carbocycles. The minimum atomic E-state index is -0.235. The summed E-state index contributed by atoms with van der Waals surface area (Å²) in [6, 6.07) is 21.9. The topological polar surface area (TPSA) is 24.8 Å². The lowest BCUT2D eigenvalue weighted by molar-refractivity contribution is 0.340. The molecule has 5 heteroatoms. The van der Waals surface area contributed by atoms with Crippen LogP contribution in [-0.4, -0.2) is 12.3 Å². The molecule has 0 amide bonds. The Morgan fingerprint density at radius 3 is 2.57 bits per heavy atom. The fourth-order valence-corrected chi connectivity index (χ4v) is 3.62. The SMILES string of the molecule is CCOc1ccc(C2=NN(c3cccc(Cl)c3)[C@@H](c3ccccc3F)C2)cc1. The lowest BCUT2D eigenvalue weighted by Gasteiger charge is -2.24. The van der Waals surface area contributed by atoms with Crippen molar-refractivity contribution in [1.82, 2.24) is 0 Å². The molecule has 0 saturated heterocycles. The zero-order valence-electron chi connectivity index (χ0n) is 15.5. The van der Waals surface area contributed by atoms with Gasteiger partial charge >= 0.3 is 0 Å². The number of ether oxygens (including phenoxy) is 1. The van der Waals surface area contributed by atoms with Gasteiger partial charge in [-0.2, -0.15) is 5.10 Å². The van der Waals surface area contributed by atoms with E-state index in [4.69, 9.17) is 21.4 Å². The third-order valence-corrected chi connectivity index (χ3v) is 4.98. The summed E-state index contributed by atoms with van der Waals surface area (Å²) in [7, 11) is 0. The molecule has 1 aliphatic heterocycles. The first kappa shape index (κ1) is 18.5. The summed E-state index contributed by atoms with van der Waals surface area (Å²) in [4.78, 5) is 0. The monoisotopic (exact) mass is 394 g/mol. The summed E-state index contributed by atoms with van der Waals surface area (Å²) in [5.74, 6) is 0.588. The van der Waals surface area contributed by atoms with E-state index in [2.05, 4.69) is 0 Å². The molecule has 1 atom stereocenters. The predicted octanol–water partition coefficient (Wildman–Crippen LogP) is 6.23. The van der Waals surface area contributed by atoms with Crippen LogP contribution < -0.4 is 9.75 Å². The van der Waals surface area contributed by atoms with Crippen molar-refractivity contribution in [2.24, 2.45) is 5.10 Å². The Kier molecular flexibility index (Phi) is 5.31. The number of hydrazone groups is 1. The van der Waals surface area contributed by atoms with Gasteiger partial charge in [0.25, 0.3) is 0 Å². The summed E-state index contributed by atoms with van der Waals surface area (Å²) >= 11 is 6.19. The highest BCUT2D eigenvalue weighted by Crippen LogP contribution is 2.38. The van der Waals surface area contributed by atoms with Crippen molar-refractivity contribution in [2.45, 2.75) is 19.4 Å². The molecule has 3 aromatic rings.